The molecule has 0 aromatic heterocycles. The number of anilines is 2. The molecule has 0 spiro atoms. The fraction of sp³-hybridized carbons (Fsp3) is 0.462. The van der Waals surface area contributed by atoms with Crippen LogP contribution in [-0.4, -0.2) is 45.5 Å². The van der Waals surface area contributed by atoms with Gasteiger partial charge in [0.2, 0.25) is 0 Å². The number of benzene rings is 2. The summed E-state index contributed by atoms with van der Waals surface area (Å²) in [6.45, 7) is 6.29. The third-order valence-corrected chi connectivity index (χ3v) is 8.01. The maximum absolute atomic E-state index is 13.7. The summed E-state index contributed by atoms with van der Waals surface area (Å²) < 4.78 is 0. The van der Waals surface area contributed by atoms with E-state index in [0.717, 1.165) is 32.1 Å². The number of rotatable bonds is 10. The lowest BCUT2D eigenvalue weighted by Gasteiger charge is -2.38. The number of halogens is 4. The first-order chi connectivity index (χ1) is 17.5. The molecule has 1 atom stereocenters. The molecule has 202 valence electrons. The van der Waals surface area contributed by atoms with Crippen LogP contribution in [0, 0.1) is 0 Å². The molecule has 37 heavy (non-hydrogen) atoms. The molecule has 4 amide bonds. The van der Waals surface area contributed by atoms with Gasteiger partial charge < -0.3 is 10.2 Å². The lowest BCUT2D eigenvalue weighted by Crippen LogP contribution is -2.58. The van der Waals surface area contributed by atoms with Crippen LogP contribution in [0.1, 0.15) is 59.3 Å². The van der Waals surface area contributed by atoms with Gasteiger partial charge in [0, 0.05) is 17.9 Å². The van der Waals surface area contributed by atoms with Gasteiger partial charge in [-0.2, -0.15) is 5.06 Å². The Morgan fingerprint density at radius 3 is 2.16 bits per heavy atom. The lowest BCUT2D eigenvalue weighted by atomic mass is 9.99. The summed E-state index contributed by atoms with van der Waals surface area (Å²) in [6, 6.07) is 8.14. The molecule has 2 aromatic carbocycles. The summed E-state index contributed by atoms with van der Waals surface area (Å²) >= 11 is 24.4. The second-order valence-electron chi connectivity index (χ2n) is 9.60. The zero-order chi connectivity index (χ0) is 27.3. The smallest absolute Gasteiger partial charge is 0.315 e. The Labute approximate surface area is 238 Å². The van der Waals surface area contributed by atoms with Crippen LogP contribution >= 0.6 is 46.4 Å². The van der Waals surface area contributed by atoms with E-state index in [1.807, 2.05) is 13.8 Å². The molecule has 2 aromatic rings. The average molecular weight is 590 g/mol. The summed E-state index contributed by atoms with van der Waals surface area (Å²) in [5.74, 6) is 0. The van der Waals surface area contributed by atoms with Crippen LogP contribution in [0.5, 0.6) is 0 Å². The van der Waals surface area contributed by atoms with Crippen molar-refractivity contribution in [2.24, 2.45) is 0 Å². The van der Waals surface area contributed by atoms with E-state index < -0.39 is 17.7 Å². The summed E-state index contributed by atoms with van der Waals surface area (Å²) in [7, 11) is 0. The highest BCUT2D eigenvalue weighted by atomic mass is 35.5. The van der Waals surface area contributed by atoms with Crippen LogP contribution in [-0.2, 0) is 0 Å². The Bertz CT molecular complexity index is 1130. The highest BCUT2D eigenvalue weighted by molar-refractivity contribution is 6.42. The van der Waals surface area contributed by atoms with Crippen molar-refractivity contribution in [2.75, 3.05) is 16.8 Å². The number of amides is 4. The first kappa shape index (κ1) is 29.7. The molecule has 1 aliphatic rings. The largest absolute Gasteiger partial charge is 0.347 e. The van der Waals surface area contributed by atoms with E-state index in [1.54, 1.807) is 29.2 Å². The second-order valence-corrected chi connectivity index (χ2v) is 11.2. The average Bonchev–Trinajstić information content (AvgIpc) is 3.04. The van der Waals surface area contributed by atoms with Crippen molar-refractivity contribution in [3.05, 3.63) is 56.5 Å². The van der Waals surface area contributed by atoms with Gasteiger partial charge in [-0.3, -0.25) is 10.1 Å². The zero-order valence-corrected chi connectivity index (χ0v) is 24.1. The van der Waals surface area contributed by atoms with E-state index in [4.69, 9.17) is 46.4 Å². The minimum atomic E-state index is -1.07. The third kappa shape index (κ3) is 6.76. The van der Waals surface area contributed by atoms with Crippen molar-refractivity contribution < 1.29 is 14.8 Å². The molecule has 2 N–H and O–H groups in total. The van der Waals surface area contributed by atoms with Crippen LogP contribution in [0.2, 0.25) is 20.1 Å². The van der Waals surface area contributed by atoms with Gasteiger partial charge in [0.15, 0.2) is 6.17 Å². The SMILES string of the molecule is CCCCCCCCN1C(=O)N(c2ccc(Cl)c(Cl)c2)[C@H](N(O)C(=O)Nc2ccc(Cl)c(Cl)c2)C1(C)C. The van der Waals surface area contributed by atoms with Crippen LogP contribution in [0.25, 0.3) is 0 Å². The van der Waals surface area contributed by atoms with E-state index in [0.29, 0.717) is 33.0 Å². The van der Waals surface area contributed by atoms with E-state index >= 15 is 0 Å². The monoisotopic (exact) mass is 588 g/mol. The van der Waals surface area contributed by atoms with Crippen LogP contribution < -0.4 is 10.2 Å². The molecule has 1 saturated heterocycles. The summed E-state index contributed by atoms with van der Waals surface area (Å²) in [5, 5.41) is 15.5. The molecule has 0 unspecified atom stereocenters. The number of nitrogens with zero attached hydrogens (tertiary/aromatic N) is 3. The predicted molar refractivity (Wildman–Crippen MR) is 151 cm³/mol. The van der Waals surface area contributed by atoms with Crippen LogP contribution in [0.4, 0.5) is 21.0 Å². The Kier molecular flexibility index (Phi) is 10.2. The van der Waals surface area contributed by atoms with Crippen molar-refractivity contribution in [3.8, 4) is 0 Å². The van der Waals surface area contributed by atoms with Crippen LogP contribution in [0.15, 0.2) is 36.4 Å². The second kappa shape index (κ2) is 12.8. The molecule has 0 bridgehead atoms. The maximum atomic E-state index is 13.7. The summed E-state index contributed by atoms with van der Waals surface area (Å²) in [6.07, 6.45) is 5.32. The minimum Gasteiger partial charge on any atom is -0.315 e. The van der Waals surface area contributed by atoms with E-state index in [-0.39, 0.29) is 16.1 Å². The Hall–Kier alpha value is -1.90. The van der Waals surface area contributed by atoms with Gasteiger partial charge in [0.1, 0.15) is 0 Å². The molecule has 0 aliphatic carbocycles. The fourth-order valence-electron chi connectivity index (χ4n) is 4.53. The fourth-order valence-corrected chi connectivity index (χ4v) is 5.12. The standard InChI is InChI=1S/C26H32Cl4N4O3/c1-4-5-6-7-8-9-14-32-25(36)33(18-11-13-20(28)22(30)16-18)23(26(32,2)3)34(37)24(35)31-17-10-12-19(27)21(29)15-17/h10-13,15-16,23,37H,4-9,14H2,1-3H3,(H,31,35)/t23-/m1/s1. The molecule has 0 radical (unpaired) electrons. The van der Waals surface area contributed by atoms with Crippen LogP contribution in [0.3, 0.4) is 0 Å². The van der Waals surface area contributed by atoms with Crippen molar-refractivity contribution >= 4 is 69.8 Å². The number of nitrogens with one attached hydrogen (secondary N) is 1. The van der Waals surface area contributed by atoms with Crippen molar-refractivity contribution in [1.29, 1.82) is 0 Å². The quantitative estimate of drug-likeness (QED) is 0.165. The first-order valence-electron chi connectivity index (χ1n) is 12.3. The Balaban J connectivity index is 1.89. The van der Waals surface area contributed by atoms with Crippen molar-refractivity contribution in [1.82, 2.24) is 9.96 Å². The maximum Gasteiger partial charge on any atom is 0.347 e. The van der Waals surface area contributed by atoms with Gasteiger partial charge in [-0.25, -0.2) is 9.59 Å². The van der Waals surface area contributed by atoms with Gasteiger partial charge in [0.05, 0.1) is 25.6 Å². The summed E-state index contributed by atoms with van der Waals surface area (Å²) in [5.41, 5.74) is -0.203. The predicted octanol–water partition coefficient (Wildman–Crippen LogP) is 8.93. The molecule has 11 heteroatoms. The molecule has 1 heterocycles. The highest BCUT2D eigenvalue weighted by Crippen LogP contribution is 2.40. The number of unbranched alkanes of at least 4 members (excludes halogenated alkanes) is 5. The summed E-state index contributed by atoms with van der Waals surface area (Å²) in [4.78, 5) is 29.9. The minimum absolute atomic E-state index is 0.252. The normalized spacial score (nSPS) is 16.9. The number of urea groups is 2. The van der Waals surface area contributed by atoms with Gasteiger partial charge >= 0.3 is 12.1 Å². The van der Waals surface area contributed by atoms with Crippen molar-refractivity contribution in [2.45, 2.75) is 71.0 Å². The van der Waals surface area contributed by atoms with Gasteiger partial charge in [-0.05, 0) is 56.7 Å². The van der Waals surface area contributed by atoms with Gasteiger partial charge in [-0.15, -0.1) is 0 Å². The highest BCUT2D eigenvalue weighted by Gasteiger charge is 2.55. The number of hydroxylamine groups is 2. The molecule has 7 nitrogen and oxygen atoms in total. The van der Waals surface area contributed by atoms with Crippen molar-refractivity contribution in [3.63, 3.8) is 0 Å². The Morgan fingerprint density at radius 2 is 1.54 bits per heavy atom. The molecular formula is C26H32Cl4N4O3. The number of carbonyl (C=O) groups is 2. The number of hydrogen-bond donors (Lipinski definition) is 2. The third-order valence-electron chi connectivity index (χ3n) is 6.54. The van der Waals surface area contributed by atoms with E-state index in [1.165, 1.54) is 23.5 Å². The molecule has 1 fully saturated rings. The van der Waals surface area contributed by atoms with E-state index in [2.05, 4.69) is 12.2 Å². The lowest BCUT2D eigenvalue weighted by molar-refractivity contribution is -0.0949. The number of carbonyl (C=O) groups excluding carboxylic acids is 2. The molecule has 3 rings (SSSR count). The molecule has 0 saturated carbocycles. The molecular weight excluding hydrogens is 558 g/mol. The molecule has 1 aliphatic heterocycles. The topological polar surface area (TPSA) is 76.1 Å². The Morgan fingerprint density at radius 1 is 0.946 bits per heavy atom. The first-order valence-corrected chi connectivity index (χ1v) is 13.8. The van der Waals surface area contributed by atoms with Gasteiger partial charge in [0.25, 0.3) is 0 Å². The van der Waals surface area contributed by atoms with E-state index in [9.17, 15) is 14.8 Å². The zero-order valence-electron chi connectivity index (χ0n) is 21.1. The number of hydrogen-bond acceptors (Lipinski definition) is 3. The van der Waals surface area contributed by atoms with Gasteiger partial charge in [-0.1, -0.05) is 85.4 Å².